The molecule has 2 aromatic carbocycles. The number of hydrogen-bond acceptors (Lipinski definition) is 11. The van der Waals surface area contributed by atoms with E-state index < -0.39 is 54.6 Å². The molecule has 0 saturated carbocycles. The number of rotatable bonds is 4. The van der Waals surface area contributed by atoms with E-state index in [1.165, 1.54) is 24.3 Å². The Bertz CT molecular complexity index is 1060. The third kappa shape index (κ3) is 4.21. The summed E-state index contributed by atoms with van der Waals surface area (Å²) >= 11 is 0. The lowest BCUT2D eigenvalue weighted by molar-refractivity contribution is -0.271. The number of hydrogen-bond donors (Lipinski definition) is 8. The molecule has 12 nitrogen and oxygen atoms in total. The molecule has 0 aliphatic carbocycles. The normalized spacial score (nSPS) is 31.3. The first-order chi connectivity index (χ1) is 15.6. The number of benzene rings is 2. The van der Waals surface area contributed by atoms with E-state index >= 15 is 0 Å². The molecule has 8 N–H and O–H groups in total. The molecule has 0 amide bonds. The van der Waals surface area contributed by atoms with Crippen LogP contribution in [0.3, 0.4) is 0 Å². The van der Waals surface area contributed by atoms with Gasteiger partial charge in [0.1, 0.15) is 41.7 Å². The second-order valence-electron chi connectivity index (χ2n) is 7.83. The second-order valence-corrected chi connectivity index (χ2v) is 7.83. The zero-order valence-electron chi connectivity index (χ0n) is 16.8. The van der Waals surface area contributed by atoms with Crippen molar-refractivity contribution in [2.24, 2.45) is 0 Å². The van der Waals surface area contributed by atoms with Crippen molar-refractivity contribution in [2.45, 2.75) is 49.3 Å². The number of phenolic OH excluding ortho intramolecular Hbond substituents is 3. The molecule has 2 aliphatic rings. The van der Waals surface area contributed by atoms with E-state index in [4.69, 9.17) is 14.2 Å². The van der Waals surface area contributed by atoms with Gasteiger partial charge in [0.25, 0.3) is 0 Å². The van der Waals surface area contributed by atoms with Crippen LogP contribution in [-0.4, -0.2) is 83.6 Å². The molecule has 0 bridgehead atoms. The van der Waals surface area contributed by atoms with Crippen LogP contribution in [-0.2, 0) is 16.0 Å². The SMILES string of the molecule is O=C(O)[C@H]1O[C@@H](Oc2cc(O)cc3c2CC(O)C(c2ccc(O)c(O)c2)O3)[C@H](O)[C@@H](O)[C@@H]1O. The largest absolute Gasteiger partial charge is 0.508 e. The summed E-state index contributed by atoms with van der Waals surface area (Å²) in [5.74, 6) is -2.70. The number of carbonyl (C=O) groups is 1. The molecule has 2 aromatic rings. The van der Waals surface area contributed by atoms with Crippen molar-refractivity contribution in [3.63, 3.8) is 0 Å². The fourth-order valence-corrected chi connectivity index (χ4v) is 3.83. The Morgan fingerprint density at radius 3 is 2.33 bits per heavy atom. The average Bonchev–Trinajstić information content (AvgIpc) is 2.75. The zero-order chi connectivity index (χ0) is 24.0. The highest BCUT2D eigenvalue weighted by Crippen LogP contribution is 2.44. The summed E-state index contributed by atoms with van der Waals surface area (Å²) in [5.41, 5.74) is 0.601. The summed E-state index contributed by atoms with van der Waals surface area (Å²) in [7, 11) is 0. The lowest BCUT2D eigenvalue weighted by atomic mass is 9.93. The number of aliphatic hydroxyl groups excluding tert-OH is 4. The standard InChI is InChI=1S/C21H22O12/c22-8-4-13-9(6-12(25)18(31-13)7-1-2-10(23)11(24)3-7)14(5-8)32-21-17(28)15(26)16(27)19(33-21)20(29)30/h1-5,12,15-19,21-28H,6H2,(H,29,30)/t12?,15-,16-,17+,18?,19-,21+/m0/s1. The molecular weight excluding hydrogens is 444 g/mol. The van der Waals surface area contributed by atoms with Crippen LogP contribution in [0.15, 0.2) is 30.3 Å². The van der Waals surface area contributed by atoms with Gasteiger partial charge in [0.05, 0.1) is 6.10 Å². The Hall–Kier alpha value is -3.29. The smallest absolute Gasteiger partial charge is 0.335 e. The molecule has 178 valence electrons. The third-order valence-corrected chi connectivity index (χ3v) is 5.55. The van der Waals surface area contributed by atoms with Crippen molar-refractivity contribution in [2.75, 3.05) is 0 Å². The van der Waals surface area contributed by atoms with Crippen molar-refractivity contribution in [1.29, 1.82) is 0 Å². The average molecular weight is 466 g/mol. The van der Waals surface area contributed by atoms with Gasteiger partial charge in [-0.1, -0.05) is 6.07 Å². The minimum absolute atomic E-state index is 0.0758. The molecule has 4 rings (SSSR count). The molecule has 2 unspecified atom stereocenters. The van der Waals surface area contributed by atoms with Gasteiger partial charge in [-0.15, -0.1) is 0 Å². The van der Waals surface area contributed by atoms with Gasteiger partial charge in [0.15, 0.2) is 17.6 Å². The number of fused-ring (bicyclic) bond motifs is 1. The highest BCUT2D eigenvalue weighted by Gasteiger charge is 2.48. The highest BCUT2D eigenvalue weighted by atomic mass is 16.7. The van der Waals surface area contributed by atoms with Gasteiger partial charge in [0, 0.05) is 24.1 Å². The molecule has 1 saturated heterocycles. The van der Waals surface area contributed by atoms with E-state index in [0.717, 1.165) is 6.07 Å². The summed E-state index contributed by atoms with van der Waals surface area (Å²) in [6.07, 6.45) is -11.4. The van der Waals surface area contributed by atoms with Crippen LogP contribution < -0.4 is 9.47 Å². The van der Waals surface area contributed by atoms with Crippen molar-refractivity contribution in [3.05, 3.63) is 41.5 Å². The molecule has 2 heterocycles. The molecular formula is C21H22O12. The minimum atomic E-state index is -1.90. The van der Waals surface area contributed by atoms with Crippen molar-refractivity contribution < 1.29 is 59.9 Å². The van der Waals surface area contributed by atoms with Gasteiger partial charge in [-0.3, -0.25) is 0 Å². The number of carboxylic acids is 1. The highest BCUT2D eigenvalue weighted by molar-refractivity contribution is 5.73. The van der Waals surface area contributed by atoms with Crippen LogP contribution in [0.5, 0.6) is 28.7 Å². The number of ether oxygens (including phenoxy) is 3. The van der Waals surface area contributed by atoms with Gasteiger partial charge in [-0.25, -0.2) is 4.79 Å². The molecule has 7 atom stereocenters. The van der Waals surface area contributed by atoms with E-state index in [0.29, 0.717) is 5.56 Å². The molecule has 1 fully saturated rings. The predicted molar refractivity (Wildman–Crippen MR) is 106 cm³/mol. The number of aliphatic carboxylic acids is 1. The molecule has 0 radical (unpaired) electrons. The van der Waals surface area contributed by atoms with Gasteiger partial charge in [0.2, 0.25) is 6.29 Å². The lowest BCUT2D eigenvalue weighted by Crippen LogP contribution is -2.61. The Labute approximate surface area is 186 Å². The van der Waals surface area contributed by atoms with E-state index in [1.807, 2.05) is 0 Å². The number of carboxylic acid groups (broad SMARTS) is 1. The Balaban J connectivity index is 1.63. The summed E-state index contributed by atoms with van der Waals surface area (Å²) < 4.78 is 16.4. The summed E-state index contributed by atoms with van der Waals surface area (Å²) in [4.78, 5) is 11.3. The van der Waals surface area contributed by atoms with Gasteiger partial charge >= 0.3 is 5.97 Å². The van der Waals surface area contributed by atoms with Crippen LogP contribution >= 0.6 is 0 Å². The van der Waals surface area contributed by atoms with Crippen LogP contribution in [0.2, 0.25) is 0 Å². The molecule has 2 aliphatic heterocycles. The maximum atomic E-state index is 11.3. The minimum Gasteiger partial charge on any atom is -0.508 e. The number of aliphatic hydroxyl groups is 4. The fraction of sp³-hybridized carbons (Fsp3) is 0.381. The molecule has 0 aromatic heterocycles. The molecule has 12 heteroatoms. The topological polar surface area (TPSA) is 207 Å². The van der Waals surface area contributed by atoms with Gasteiger partial charge in [-0.05, 0) is 17.7 Å². The van der Waals surface area contributed by atoms with E-state index in [2.05, 4.69) is 0 Å². The Kier molecular flexibility index (Phi) is 5.95. The van der Waals surface area contributed by atoms with Gasteiger partial charge < -0.3 is 55.1 Å². The lowest BCUT2D eigenvalue weighted by Gasteiger charge is -2.39. The number of aromatic hydroxyl groups is 3. The quantitative estimate of drug-likeness (QED) is 0.258. The zero-order valence-corrected chi connectivity index (χ0v) is 16.8. The number of phenols is 3. The first kappa shape index (κ1) is 22.9. The second kappa shape index (κ2) is 8.57. The van der Waals surface area contributed by atoms with Crippen LogP contribution in [0, 0.1) is 0 Å². The third-order valence-electron chi connectivity index (χ3n) is 5.55. The van der Waals surface area contributed by atoms with Crippen LogP contribution in [0.25, 0.3) is 0 Å². The summed E-state index contributed by atoms with van der Waals surface area (Å²) in [6, 6.07) is 6.27. The van der Waals surface area contributed by atoms with Gasteiger partial charge in [-0.2, -0.15) is 0 Å². The first-order valence-corrected chi connectivity index (χ1v) is 9.88. The summed E-state index contributed by atoms with van der Waals surface area (Å²) in [6.45, 7) is 0. The maximum Gasteiger partial charge on any atom is 0.335 e. The fourth-order valence-electron chi connectivity index (χ4n) is 3.83. The molecule has 33 heavy (non-hydrogen) atoms. The maximum absolute atomic E-state index is 11.3. The van der Waals surface area contributed by atoms with Crippen molar-refractivity contribution in [1.82, 2.24) is 0 Å². The summed E-state index contributed by atoms with van der Waals surface area (Å²) in [5, 5.41) is 79.2. The first-order valence-electron chi connectivity index (χ1n) is 9.88. The molecule has 0 spiro atoms. The predicted octanol–water partition coefficient (Wildman–Crippen LogP) is -0.889. The van der Waals surface area contributed by atoms with E-state index in [-0.39, 0.29) is 35.0 Å². The van der Waals surface area contributed by atoms with E-state index in [1.54, 1.807) is 0 Å². The Morgan fingerprint density at radius 2 is 1.67 bits per heavy atom. The van der Waals surface area contributed by atoms with E-state index in [9.17, 15) is 45.6 Å². The van der Waals surface area contributed by atoms with Crippen LogP contribution in [0.1, 0.15) is 17.2 Å². The Morgan fingerprint density at radius 1 is 0.939 bits per heavy atom. The van der Waals surface area contributed by atoms with Crippen LogP contribution in [0.4, 0.5) is 0 Å². The monoisotopic (exact) mass is 466 g/mol. The van der Waals surface area contributed by atoms with Crippen molar-refractivity contribution in [3.8, 4) is 28.7 Å². The van der Waals surface area contributed by atoms with Crippen molar-refractivity contribution >= 4 is 5.97 Å².